The number of hydrogen-bond acceptors (Lipinski definition) is 4. The van der Waals surface area contributed by atoms with Gasteiger partial charge in [0.15, 0.2) is 0 Å². The van der Waals surface area contributed by atoms with E-state index in [0.29, 0.717) is 21.7 Å². The number of halogens is 1. The summed E-state index contributed by atoms with van der Waals surface area (Å²) in [6.45, 7) is 3.72. The summed E-state index contributed by atoms with van der Waals surface area (Å²) in [4.78, 5) is 19.8. The van der Waals surface area contributed by atoms with Gasteiger partial charge in [-0.05, 0) is 66.3 Å². The summed E-state index contributed by atoms with van der Waals surface area (Å²) in [5, 5.41) is 1.20. The molecule has 2 aromatic carbocycles. The van der Waals surface area contributed by atoms with E-state index < -0.39 is 10.0 Å². The third-order valence-electron chi connectivity index (χ3n) is 5.29. The summed E-state index contributed by atoms with van der Waals surface area (Å²) in [6.07, 6.45) is 3.23. The molecule has 2 aromatic heterocycles. The second-order valence-electron chi connectivity index (χ2n) is 7.76. The van der Waals surface area contributed by atoms with E-state index in [9.17, 15) is 13.2 Å². The van der Waals surface area contributed by atoms with Crippen molar-refractivity contribution in [2.24, 2.45) is 0 Å². The molecule has 0 aliphatic rings. The van der Waals surface area contributed by atoms with Crippen LogP contribution in [0, 0.1) is 13.8 Å². The predicted octanol–water partition coefficient (Wildman–Crippen LogP) is 4.58. The Bertz CT molecular complexity index is 1450. The number of fused-ring (bicyclic) bond motifs is 1. The van der Waals surface area contributed by atoms with Crippen molar-refractivity contribution in [2.75, 3.05) is 0 Å². The zero-order valence-corrected chi connectivity index (χ0v) is 19.2. The molecule has 1 N–H and O–H groups in total. The first kappa shape index (κ1) is 22.2. The van der Waals surface area contributed by atoms with Crippen LogP contribution >= 0.6 is 11.6 Å². The number of H-pyrrole nitrogens is 1. The van der Waals surface area contributed by atoms with Crippen LogP contribution in [0.2, 0.25) is 5.02 Å². The lowest BCUT2D eigenvalue weighted by Crippen LogP contribution is -2.32. The van der Waals surface area contributed by atoms with E-state index in [-0.39, 0.29) is 23.5 Å². The first-order chi connectivity index (χ1) is 15.2. The summed E-state index contributed by atoms with van der Waals surface area (Å²) in [7, 11) is -3.95. The van der Waals surface area contributed by atoms with Gasteiger partial charge in [0.25, 0.3) is 5.56 Å². The number of rotatable bonds is 6. The van der Waals surface area contributed by atoms with Crippen LogP contribution in [0.1, 0.15) is 22.3 Å². The minimum atomic E-state index is -3.95. The number of hydrogen-bond donors (Lipinski definition) is 1. The molecule has 0 radical (unpaired) electrons. The highest BCUT2D eigenvalue weighted by atomic mass is 35.5. The molecule has 0 atom stereocenters. The normalized spacial score (nSPS) is 11.9. The first-order valence-electron chi connectivity index (χ1n) is 10.0. The molecule has 2 heterocycles. The molecule has 0 spiro atoms. The van der Waals surface area contributed by atoms with E-state index in [1.807, 2.05) is 32.0 Å². The van der Waals surface area contributed by atoms with Crippen LogP contribution in [-0.2, 0) is 23.1 Å². The van der Waals surface area contributed by atoms with E-state index in [1.165, 1.54) is 16.4 Å². The molecule has 0 aliphatic carbocycles. The van der Waals surface area contributed by atoms with Crippen LogP contribution in [0.25, 0.3) is 10.9 Å². The maximum atomic E-state index is 13.6. The van der Waals surface area contributed by atoms with E-state index >= 15 is 0 Å². The molecule has 4 rings (SSSR count). The van der Waals surface area contributed by atoms with Gasteiger partial charge in [0.1, 0.15) is 0 Å². The molecule has 0 fully saturated rings. The van der Waals surface area contributed by atoms with Gasteiger partial charge in [0.05, 0.1) is 4.90 Å². The van der Waals surface area contributed by atoms with Gasteiger partial charge >= 0.3 is 0 Å². The number of aromatic amines is 1. The minimum absolute atomic E-state index is 0.0625. The Kier molecular flexibility index (Phi) is 6.15. The Morgan fingerprint density at radius 2 is 1.84 bits per heavy atom. The molecule has 0 saturated heterocycles. The van der Waals surface area contributed by atoms with Crippen molar-refractivity contribution >= 4 is 32.5 Å². The van der Waals surface area contributed by atoms with Crippen molar-refractivity contribution in [1.82, 2.24) is 14.3 Å². The molecule has 0 aliphatic heterocycles. The van der Waals surface area contributed by atoms with E-state index in [2.05, 4.69) is 9.97 Å². The van der Waals surface area contributed by atoms with Crippen LogP contribution < -0.4 is 5.56 Å². The Hall–Kier alpha value is -3.00. The summed E-state index contributed by atoms with van der Waals surface area (Å²) < 4.78 is 28.4. The van der Waals surface area contributed by atoms with Gasteiger partial charge in [0, 0.05) is 41.6 Å². The molecule has 4 aromatic rings. The topological polar surface area (TPSA) is 83.1 Å². The number of aryl methyl sites for hydroxylation is 2. The highest BCUT2D eigenvalue weighted by molar-refractivity contribution is 7.89. The number of sulfonamides is 1. The SMILES string of the molecule is Cc1ccc2cc(CN(Cc3cccnc3)S(=O)(=O)c3ccc(C)c(Cl)c3)c(=O)[nH]c2c1. The second kappa shape index (κ2) is 8.86. The van der Waals surface area contributed by atoms with E-state index in [4.69, 9.17) is 11.6 Å². The Labute approximate surface area is 191 Å². The van der Waals surface area contributed by atoms with Crippen LogP contribution in [0.3, 0.4) is 0 Å². The van der Waals surface area contributed by atoms with Gasteiger partial charge in [-0.15, -0.1) is 0 Å². The van der Waals surface area contributed by atoms with Gasteiger partial charge in [-0.2, -0.15) is 4.31 Å². The molecule has 32 heavy (non-hydrogen) atoms. The van der Waals surface area contributed by atoms with Crippen molar-refractivity contribution < 1.29 is 8.42 Å². The third kappa shape index (κ3) is 4.60. The summed E-state index contributed by atoms with van der Waals surface area (Å²) in [5.41, 5.74) is 3.26. The molecular weight excluding hydrogens is 446 g/mol. The highest BCUT2D eigenvalue weighted by Gasteiger charge is 2.26. The zero-order valence-electron chi connectivity index (χ0n) is 17.7. The van der Waals surface area contributed by atoms with Crippen molar-refractivity contribution in [2.45, 2.75) is 31.8 Å². The molecule has 0 unspecified atom stereocenters. The number of pyridine rings is 2. The highest BCUT2D eigenvalue weighted by Crippen LogP contribution is 2.25. The Balaban J connectivity index is 1.78. The molecular formula is C24H22ClN3O3S. The van der Waals surface area contributed by atoms with Crippen LogP contribution in [0.4, 0.5) is 0 Å². The number of nitrogens with zero attached hydrogens (tertiary/aromatic N) is 2. The van der Waals surface area contributed by atoms with Crippen molar-refractivity contribution in [3.8, 4) is 0 Å². The lowest BCUT2D eigenvalue weighted by molar-refractivity contribution is 0.399. The van der Waals surface area contributed by atoms with Gasteiger partial charge in [0.2, 0.25) is 10.0 Å². The van der Waals surface area contributed by atoms with E-state index in [0.717, 1.165) is 16.5 Å². The average Bonchev–Trinajstić information content (AvgIpc) is 2.76. The lowest BCUT2D eigenvalue weighted by atomic mass is 10.1. The van der Waals surface area contributed by atoms with Crippen LogP contribution in [0.15, 0.2) is 76.7 Å². The summed E-state index contributed by atoms with van der Waals surface area (Å²) >= 11 is 6.20. The van der Waals surface area contributed by atoms with Crippen molar-refractivity contribution in [1.29, 1.82) is 0 Å². The molecule has 0 saturated carbocycles. The fourth-order valence-corrected chi connectivity index (χ4v) is 5.15. The maximum Gasteiger partial charge on any atom is 0.252 e. The van der Waals surface area contributed by atoms with Crippen molar-refractivity contribution in [3.05, 3.63) is 105 Å². The van der Waals surface area contributed by atoms with Gasteiger partial charge < -0.3 is 4.98 Å². The fraction of sp³-hybridized carbons (Fsp3) is 0.167. The Morgan fingerprint density at radius 1 is 1.03 bits per heavy atom. The zero-order chi connectivity index (χ0) is 22.9. The quantitative estimate of drug-likeness (QED) is 0.449. The first-order valence-corrected chi connectivity index (χ1v) is 11.8. The Morgan fingerprint density at radius 3 is 2.56 bits per heavy atom. The smallest absolute Gasteiger partial charge is 0.252 e. The minimum Gasteiger partial charge on any atom is -0.322 e. The second-order valence-corrected chi connectivity index (χ2v) is 10.1. The van der Waals surface area contributed by atoms with Gasteiger partial charge in [-0.1, -0.05) is 35.9 Å². The third-order valence-corrected chi connectivity index (χ3v) is 7.48. The molecule has 164 valence electrons. The van der Waals surface area contributed by atoms with Crippen LogP contribution in [0.5, 0.6) is 0 Å². The van der Waals surface area contributed by atoms with Gasteiger partial charge in [-0.25, -0.2) is 8.42 Å². The summed E-state index contributed by atoms with van der Waals surface area (Å²) in [6, 6.07) is 15.7. The van der Waals surface area contributed by atoms with Crippen LogP contribution in [-0.4, -0.2) is 22.7 Å². The average molecular weight is 468 g/mol. The monoisotopic (exact) mass is 467 g/mol. The predicted molar refractivity (Wildman–Crippen MR) is 126 cm³/mol. The molecule has 6 nitrogen and oxygen atoms in total. The largest absolute Gasteiger partial charge is 0.322 e. The van der Waals surface area contributed by atoms with Gasteiger partial charge in [-0.3, -0.25) is 9.78 Å². The maximum absolute atomic E-state index is 13.6. The summed E-state index contributed by atoms with van der Waals surface area (Å²) in [5.74, 6) is 0. The van der Waals surface area contributed by atoms with Crippen molar-refractivity contribution in [3.63, 3.8) is 0 Å². The standard InChI is InChI=1S/C24H22ClN3O3S/c1-16-5-7-19-11-20(24(29)27-23(19)10-16)15-28(14-18-4-3-9-26-13-18)32(30,31)21-8-6-17(2)22(25)12-21/h3-13H,14-15H2,1-2H3,(H,27,29). The number of benzene rings is 2. The fourth-order valence-electron chi connectivity index (χ4n) is 3.47. The number of nitrogens with one attached hydrogen (secondary N) is 1. The molecule has 0 amide bonds. The van der Waals surface area contributed by atoms with E-state index in [1.54, 1.807) is 36.7 Å². The lowest BCUT2D eigenvalue weighted by Gasteiger charge is -2.22. The molecule has 0 bridgehead atoms. The molecule has 8 heteroatoms. The number of aromatic nitrogens is 2.